The highest BCUT2D eigenvalue weighted by atomic mass is 32.2. The predicted octanol–water partition coefficient (Wildman–Crippen LogP) is 2.97. The summed E-state index contributed by atoms with van der Waals surface area (Å²) in [4.78, 5) is 26.5. The Kier molecular flexibility index (Phi) is 7.82. The molecule has 0 radical (unpaired) electrons. The van der Waals surface area contributed by atoms with Gasteiger partial charge < -0.3 is 24.9 Å². The Morgan fingerprint density at radius 3 is 2.61 bits per heavy atom. The van der Waals surface area contributed by atoms with Gasteiger partial charge in [-0.1, -0.05) is 6.42 Å². The lowest BCUT2D eigenvalue weighted by Gasteiger charge is -2.26. The number of benzene rings is 1. The van der Waals surface area contributed by atoms with Crippen LogP contribution in [0.25, 0.3) is 0 Å². The highest BCUT2D eigenvalue weighted by molar-refractivity contribution is 7.89. The molecule has 1 N–H and O–H groups in total. The van der Waals surface area contributed by atoms with Gasteiger partial charge in [0.05, 0.1) is 16.7 Å². The molecule has 0 saturated carbocycles. The summed E-state index contributed by atoms with van der Waals surface area (Å²) in [6.45, 7) is 3.96. The van der Waals surface area contributed by atoms with E-state index in [4.69, 9.17) is 9.47 Å². The average Bonchev–Trinajstić information content (AvgIpc) is 2.79. The van der Waals surface area contributed by atoms with Gasteiger partial charge in [-0.05, 0) is 66.9 Å². The van der Waals surface area contributed by atoms with Crippen molar-refractivity contribution in [1.29, 1.82) is 0 Å². The van der Waals surface area contributed by atoms with Crippen molar-refractivity contribution in [3.8, 4) is 11.5 Å². The van der Waals surface area contributed by atoms with Crippen LogP contribution in [0.1, 0.15) is 33.1 Å². The largest absolute Gasteiger partial charge is 0.489 e. The smallest absolute Gasteiger partial charge is 0.406 e. The van der Waals surface area contributed by atoms with Gasteiger partial charge in [-0.3, -0.25) is 4.79 Å². The van der Waals surface area contributed by atoms with Crippen molar-refractivity contribution in [2.45, 2.75) is 44.1 Å². The van der Waals surface area contributed by atoms with Crippen molar-refractivity contribution < 1.29 is 27.6 Å². The summed E-state index contributed by atoms with van der Waals surface area (Å²) in [6.07, 6.45) is 3.61. The minimum atomic E-state index is -3.72. The number of sulfonamides is 1. The molecular formula is C21H26N4O7S. The number of rotatable bonds is 9. The maximum absolute atomic E-state index is 13.0. The van der Waals surface area contributed by atoms with Gasteiger partial charge in [-0.25, -0.2) is 8.42 Å². The normalized spacial score (nSPS) is 14.6. The zero-order chi connectivity index (χ0) is 24.0. The Morgan fingerprint density at radius 1 is 1.21 bits per heavy atom. The van der Waals surface area contributed by atoms with Crippen molar-refractivity contribution in [2.75, 3.05) is 25.0 Å². The minimum absolute atomic E-state index is 0.0413. The van der Waals surface area contributed by atoms with Crippen LogP contribution in [0.15, 0.2) is 41.4 Å². The third-order valence-electron chi connectivity index (χ3n) is 4.82. The molecule has 0 spiro atoms. The van der Waals surface area contributed by atoms with Crippen LogP contribution in [0.4, 0.5) is 11.5 Å². The Morgan fingerprint density at radius 2 is 1.94 bits per heavy atom. The number of carbonyl (C=O) groups is 1. The van der Waals surface area contributed by atoms with E-state index in [2.05, 4.69) is 10.3 Å². The van der Waals surface area contributed by atoms with E-state index >= 15 is 0 Å². The highest BCUT2D eigenvalue weighted by Gasteiger charge is 2.27. The van der Waals surface area contributed by atoms with E-state index in [1.807, 2.05) is 0 Å². The number of carbonyl (C=O) groups excluding carboxylic acids is 1. The third-order valence-corrected chi connectivity index (χ3v) is 6.72. The molecule has 0 unspecified atom stereocenters. The van der Waals surface area contributed by atoms with Crippen molar-refractivity contribution in [2.24, 2.45) is 0 Å². The van der Waals surface area contributed by atoms with Gasteiger partial charge in [0.1, 0.15) is 11.9 Å². The molecule has 33 heavy (non-hydrogen) atoms. The Bertz CT molecular complexity index is 1120. The van der Waals surface area contributed by atoms with Crippen molar-refractivity contribution >= 4 is 27.4 Å². The molecule has 0 bridgehead atoms. The SMILES string of the molecule is CC(C)Oc1ccc(S(=O)(=O)N2CCCCC2)cc1NC(=O)COc1cccnc1[N+](=O)[O-]. The summed E-state index contributed by atoms with van der Waals surface area (Å²) in [5, 5.41) is 13.6. The van der Waals surface area contributed by atoms with Crippen molar-refractivity contribution in [3.63, 3.8) is 0 Å². The van der Waals surface area contributed by atoms with Crippen LogP contribution in [0.2, 0.25) is 0 Å². The second-order valence-corrected chi connectivity index (χ2v) is 9.65. The Balaban J connectivity index is 1.80. The van der Waals surface area contributed by atoms with E-state index in [1.54, 1.807) is 13.8 Å². The zero-order valence-electron chi connectivity index (χ0n) is 18.4. The minimum Gasteiger partial charge on any atom is -0.489 e. The van der Waals surface area contributed by atoms with Gasteiger partial charge in [0.2, 0.25) is 15.8 Å². The van der Waals surface area contributed by atoms with Crippen molar-refractivity contribution in [1.82, 2.24) is 9.29 Å². The standard InChI is InChI=1S/C21H26N4O7S/c1-15(2)32-18-9-8-16(33(29,30)24-11-4-3-5-12-24)13-17(18)23-20(26)14-31-19-7-6-10-22-21(19)25(27)28/h6-10,13,15H,3-5,11-12,14H2,1-2H3,(H,23,26). The van der Waals surface area contributed by atoms with Crippen LogP contribution >= 0.6 is 0 Å². The van der Waals surface area contributed by atoms with E-state index < -0.39 is 33.3 Å². The van der Waals surface area contributed by atoms with Crippen LogP contribution in [0, 0.1) is 10.1 Å². The summed E-state index contributed by atoms with van der Waals surface area (Å²) in [6, 6.07) is 7.08. The number of nitrogens with zero attached hydrogens (tertiary/aromatic N) is 3. The predicted molar refractivity (Wildman–Crippen MR) is 120 cm³/mol. The van der Waals surface area contributed by atoms with Crippen LogP contribution in [0.3, 0.4) is 0 Å². The molecule has 11 nitrogen and oxygen atoms in total. The molecule has 0 atom stereocenters. The molecule has 3 rings (SSSR count). The Labute approximate surface area is 191 Å². The van der Waals surface area contributed by atoms with Gasteiger partial charge in [-0.2, -0.15) is 4.31 Å². The maximum atomic E-state index is 13.0. The number of hydrogen-bond acceptors (Lipinski definition) is 8. The fourth-order valence-electron chi connectivity index (χ4n) is 3.34. The molecule has 1 aromatic heterocycles. The number of nitro groups is 1. The fourth-order valence-corrected chi connectivity index (χ4v) is 4.88. The number of pyridine rings is 1. The topological polar surface area (TPSA) is 141 Å². The second-order valence-electron chi connectivity index (χ2n) is 7.71. The van der Waals surface area contributed by atoms with Crippen LogP contribution in [0.5, 0.6) is 11.5 Å². The molecule has 1 aromatic carbocycles. The van der Waals surface area contributed by atoms with Gasteiger partial charge >= 0.3 is 5.82 Å². The molecule has 2 heterocycles. The van der Waals surface area contributed by atoms with Gasteiger partial charge in [0.25, 0.3) is 5.91 Å². The molecule has 1 amide bonds. The number of piperidine rings is 1. The number of ether oxygens (including phenoxy) is 2. The van der Waals surface area contributed by atoms with Crippen LogP contribution < -0.4 is 14.8 Å². The number of hydrogen-bond donors (Lipinski definition) is 1. The molecular weight excluding hydrogens is 452 g/mol. The zero-order valence-corrected chi connectivity index (χ0v) is 19.2. The summed E-state index contributed by atoms with van der Waals surface area (Å²) >= 11 is 0. The first-order valence-corrected chi connectivity index (χ1v) is 12.0. The fraction of sp³-hybridized carbons (Fsp3) is 0.429. The number of amides is 1. The van der Waals surface area contributed by atoms with Gasteiger partial charge in [-0.15, -0.1) is 0 Å². The summed E-state index contributed by atoms with van der Waals surface area (Å²) in [7, 11) is -3.72. The average molecular weight is 479 g/mol. The van der Waals surface area contributed by atoms with Crippen LogP contribution in [-0.4, -0.2) is 54.3 Å². The quantitative estimate of drug-likeness (QED) is 0.428. The first kappa shape index (κ1) is 24.4. The molecule has 1 aliphatic rings. The number of nitrogens with one attached hydrogen (secondary N) is 1. The van der Waals surface area contributed by atoms with Crippen LogP contribution in [-0.2, 0) is 14.8 Å². The molecule has 2 aromatic rings. The molecule has 0 aliphatic carbocycles. The monoisotopic (exact) mass is 478 g/mol. The maximum Gasteiger partial charge on any atom is 0.406 e. The molecule has 12 heteroatoms. The molecule has 1 saturated heterocycles. The van der Waals surface area contributed by atoms with E-state index in [9.17, 15) is 23.3 Å². The summed E-state index contributed by atoms with van der Waals surface area (Å²) < 4.78 is 38.5. The lowest BCUT2D eigenvalue weighted by molar-refractivity contribution is -0.390. The molecule has 1 aliphatic heterocycles. The van der Waals surface area contributed by atoms with E-state index in [-0.39, 0.29) is 22.4 Å². The molecule has 1 fully saturated rings. The van der Waals surface area contributed by atoms with E-state index in [0.29, 0.717) is 18.8 Å². The van der Waals surface area contributed by atoms with Gasteiger partial charge in [0, 0.05) is 13.1 Å². The summed E-state index contributed by atoms with van der Waals surface area (Å²) in [5.41, 5.74) is 0.163. The first-order valence-electron chi connectivity index (χ1n) is 10.5. The lowest BCUT2D eigenvalue weighted by Crippen LogP contribution is -2.35. The first-order chi connectivity index (χ1) is 15.7. The van der Waals surface area contributed by atoms with E-state index in [0.717, 1.165) is 19.3 Å². The second kappa shape index (κ2) is 10.6. The lowest BCUT2D eigenvalue weighted by atomic mass is 10.2. The van der Waals surface area contributed by atoms with Crippen molar-refractivity contribution in [3.05, 3.63) is 46.6 Å². The third kappa shape index (κ3) is 6.17. The Hall–Kier alpha value is -3.25. The van der Waals surface area contributed by atoms with E-state index in [1.165, 1.54) is 40.8 Å². The molecule has 178 valence electrons. The highest BCUT2D eigenvalue weighted by Crippen LogP contribution is 2.31. The summed E-state index contributed by atoms with van der Waals surface area (Å²) in [5.74, 6) is -1.01. The van der Waals surface area contributed by atoms with Gasteiger partial charge in [0.15, 0.2) is 6.61 Å². The number of anilines is 1. The number of aromatic nitrogens is 1.